The zero-order valence-corrected chi connectivity index (χ0v) is 13.7. The van der Waals surface area contributed by atoms with Gasteiger partial charge in [-0.1, -0.05) is 48.5 Å². The average molecular weight is 329 g/mol. The van der Waals surface area contributed by atoms with Crippen molar-refractivity contribution in [2.75, 3.05) is 13.6 Å². The van der Waals surface area contributed by atoms with E-state index in [0.29, 0.717) is 28.8 Å². The Labute approximate surface area is 144 Å². The van der Waals surface area contributed by atoms with E-state index in [1.54, 1.807) is 24.3 Å². The van der Waals surface area contributed by atoms with Crippen LogP contribution in [0.15, 0.2) is 54.1 Å². The number of ketones is 3. The first kappa shape index (κ1) is 14.3. The minimum Gasteiger partial charge on any atom is -0.372 e. The number of allylic oxidation sites excluding steroid dienone is 1. The molecule has 1 heterocycles. The maximum atomic E-state index is 13.1. The van der Waals surface area contributed by atoms with Crippen molar-refractivity contribution in [1.29, 1.82) is 0 Å². The van der Waals surface area contributed by atoms with Gasteiger partial charge in [0.05, 0.1) is 5.70 Å². The van der Waals surface area contributed by atoms with Crippen LogP contribution in [-0.2, 0) is 0 Å². The molecule has 2 aliphatic carbocycles. The number of nitrogens with zero attached hydrogens (tertiary/aromatic N) is 1. The van der Waals surface area contributed by atoms with Crippen molar-refractivity contribution in [1.82, 2.24) is 4.90 Å². The van der Waals surface area contributed by atoms with Crippen molar-refractivity contribution in [3.05, 3.63) is 76.4 Å². The van der Waals surface area contributed by atoms with E-state index in [1.807, 2.05) is 36.2 Å². The highest BCUT2D eigenvalue weighted by Crippen LogP contribution is 2.50. The normalized spacial score (nSPS) is 20.2. The van der Waals surface area contributed by atoms with Crippen molar-refractivity contribution in [2.24, 2.45) is 5.41 Å². The molecule has 0 bridgehead atoms. The number of rotatable bonds is 0. The maximum Gasteiger partial charge on any atom is 0.191 e. The Hall–Kier alpha value is -3.01. The minimum absolute atomic E-state index is 0.0620. The second-order valence-electron chi connectivity index (χ2n) is 7.02. The molecular formula is C21H15NO3. The van der Waals surface area contributed by atoms with E-state index in [4.69, 9.17) is 0 Å². The molecule has 5 rings (SSSR count). The van der Waals surface area contributed by atoms with Crippen LogP contribution >= 0.6 is 0 Å². The highest BCUT2D eigenvalue weighted by Gasteiger charge is 2.57. The standard InChI is InChI=1S/C21H15NO3/c1-22-11-21(19(24)14-8-4-5-9-15(14)20(21)25)10-16-17(22)12-6-2-3-7-13(12)18(16)23/h2-9H,10-11H2,1H3. The number of Topliss-reactive ketones (excluding diaryl/α,β-unsaturated/α-hetero) is 3. The molecule has 2 aromatic carbocycles. The molecule has 122 valence electrons. The summed E-state index contributed by atoms with van der Waals surface area (Å²) in [4.78, 5) is 41.0. The predicted octanol–water partition coefficient (Wildman–Crippen LogP) is 3.00. The zero-order chi connectivity index (χ0) is 17.3. The summed E-state index contributed by atoms with van der Waals surface area (Å²) in [5.41, 5.74) is 2.80. The SMILES string of the molecule is CN1CC2(CC3=C1c1ccccc1C3=O)C(=O)c1ccccc1C2=O. The van der Waals surface area contributed by atoms with Crippen molar-refractivity contribution in [3.63, 3.8) is 0 Å². The van der Waals surface area contributed by atoms with E-state index in [0.717, 1.165) is 11.3 Å². The second kappa shape index (κ2) is 4.54. The maximum absolute atomic E-state index is 13.1. The number of carbonyl (C=O) groups excluding carboxylic acids is 3. The van der Waals surface area contributed by atoms with E-state index in [1.165, 1.54) is 0 Å². The van der Waals surface area contributed by atoms with Crippen molar-refractivity contribution in [3.8, 4) is 0 Å². The average Bonchev–Trinajstić information content (AvgIpc) is 3.02. The first-order valence-electron chi connectivity index (χ1n) is 8.31. The third-order valence-corrected chi connectivity index (χ3v) is 5.64. The summed E-state index contributed by atoms with van der Waals surface area (Å²) in [6.45, 7) is 0.305. The molecule has 0 aromatic heterocycles. The lowest BCUT2D eigenvalue weighted by molar-refractivity contribution is 0.0645. The summed E-state index contributed by atoms with van der Waals surface area (Å²) < 4.78 is 0. The fraction of sp³-hybridized carbons (Fsp3) is 0.190. The Kier molecular flexibility index (Phi) is 2.60. The van der Waals surface area contributed by atoms with Gasteiger partial charge in [0.2, 0.25) is 0 Å². The molecule has 4 heteroatoms. The Morgan fingerprint density at radius 2 is 1.32 bits per heavy atom. The van der Waals surface area contributed by atoms with E-state index >= 15 is 0 Å². The van der Waals surface area contributed by atoms with Gasteiger partial charge in [0.1, 0.15) is 5.41 Å². The van der Waals surface area contributed by atoms with Gasteiger partial charge < -0.3 is 4.90 Å². The fourth-order valence-corrected chi connectivity index (χ4v) is 4.56. The predicted molar refractivity (Wildman–Crippen MR) is 92.5 cm³/mol. The lowest BCUT2D eigenvalue weighted by Crippen LogP contribution is -2.47. The molecule has 3 aliphatic rings. The molecule has 1 aliphatic heterocycles. The summed E-state index contributed by atoms with van der Waals surface area (Å²) in [7, 11) is 1.86. The summed E-state index contributed by atoms with van der Waals surface area (Å²) in [5.74, 6) is -0.376. The van der Waals surface area contributed by atoms with Crippen molar-refractivity contribution < 1.29 is 14.4 Å². The molecule has 0 unspecified atom stereocenters. The summed E-state index contributed by atoms with van der Waals surface area (Å²) >= 11 is 0. The first-order valence-corrected chi connectivity index (χ1v) is 8.31. The van der Waals surface area contributed by atoms with Gasteiger partial charge in [-0.3, -0.25) is 14.4 Å². The molecule has 0 amide bonds. The van der Waals surface area contributed by atoms with E-state index in [2.05, 4.69) is 0 Å². The third-order valence-electron chi connectivity index (χ3n) is 5.64. The van der Waals surface area contributed by atoms with Crippen LogP contribution < -0.4 is 0 Å². The van der Waals surface area contributed by atoms with Crippen LogP contribution in [0, 0.1) is 5.41 Å². The van der Waals surface area contributed by atoms with Crippen LogP contribution in [0.3, 0.4) is 0 Å². The number of fused-ring (bicyclic) bond motifs is 3. The first-order chi connectivity index (χ1) is 12.0. The topological polar surface area (TPSA) is 54.5 Å². The van der Waals surface area contributed by atoms with Gasteiger partial charge in [-0.15, -0.1) is 0 Å². The number of hydrogen-bond acceptors (Lipinski definition) is 4. The Bertz CT molecular complexity index is 996. The molecule has 4 nitrogen and oxygen atoms in total. The smallest absolute Gasteiger partial charge is 0.191 e. The Morgan fingerprint density at radius 3 is 1.92 bits per heavy atom. The molecule has 0 saturated carbocycles. The lowest BCUT2D eigenvalue weighted by Gasteiger charge is -2.38. The Balaban J connectivity index is 1.68. The van der Waals surface area contributed by atoms with Crippen molar-refractivity contribution in [2.45, 2.75) is 6.42 Å². The molecule has 0 atom stereocenters. The molecule has 0 N–H and O–H groups in total. The lowest BCUT2D eigenvalue weighted by atomic mass is 9.73. The molecule has 0 saturated heterocycles. The monoisotopic (exact) mass is 329 g/mol. The minimum atomic E-state index is -1.17. The van der Waals surface area contributed by atoms with Gasteiger partial charge in [-0.05, 0) is 0 Å². The van der Waals surface area contributed by atoms with Gasteiger partial charge in [0.25, 0.3) is 0 Å². The summed E-state index contributed by atoms with van der Waals surface area (Å²) in [6, 6.07) is 14.4. The highest BCUT2D eigenvalue weighted by atomic mass is 16.2. The molecule has 0 radical (unpaired) electrons. The van der Waals surface area contributed by atoms with Crippen LogP contribution in [0.4, 0.5) is 0 Å². The fourth-order valence-electron chi connectivity index (χ4n) is 4.56. The van der Waals surface area contributed by atoms with Crippen LogP contribution in [0.1, 0.15) is 43.1 Å². The van der Waals surface area contributed by atoms with Gasteiger partial charge in [-0.2, -0.15) is 0 Å². The van der Waals surface area contributed by atoms with Gasteiger partial charge in [-0.25, -0.2) is 0 Å². The van der Waals surface area contributed by atoms with Crippen LogP contribution in [-0.4, -0.2) is 35.8 Å². The van der Waals surface area contributed by atoms with Crippen molar-refractivity contribution >= 4 is 23.0 Å². The van der Waals surface area contributed by atoms with E-state index < -0.39 is 5.41 Å². The summed E-state index contributed by atoms with van der Waals surface area (Å²) in [5, 5.41) is 0. The van der Waals surface area contributed by atoms with Crippen LogP contribution in [0.5, 0.6) is 0 Å². The number of hydrogen-bond donors (Lipinski definition) is 0. The van der Waals surface area contributed by atoms with Gasteiger partial charge in [0.15, 0.2) is 17.3 Å². The molecule has 25 heavy (non-hydrogen) atoms. The molecule has 0 fully saturated rings. The van der Waals surface area contributed by atoms with Gasteiger partial charge in [0, 0.05) is 47.8 Å². The summed E-state index contributed by atoms with van der Waals surface area (Å²) in [6.07, 6.45) is 0.187. The van der Waals surface area contributed by atoms with Gasteiger partial charge >= 0.3 is 0 Å². The van der Waals surface area contributed by atoms with E-state index in [9.17, 15) is 14.4 Å². The van der Waals surface area contributed by atoms with E-state index in [-0.39, 0.29) is 23.8 Å². The third kappa shape index (κ3) is 1.59. The number of carbonyl (C=O) groups is 3. The molecule has 2 aromatic rings. The largest absolute Gasteiger partial charge is 0.372 e. The quantitative estimate of drug-likeness (QED) is 0.697. The second-order valence-corrected chi connectivity index (χ2v) is 7.02. The highest BCUT2D eigenvalue weighted by molar-refractivity contribution is 6.31. The molecular weight excluding hydrogens is 314 g/mol. The van der Waals surface area contributed by atoms with Crippen LogP contribution in [0.25, 0.3) is 5.70 Å². The Morgan fingerprint density at radius 1 is 0.800 bits per heavy atom. The number of benzene rings is 2. The zero-order valence-electron chi connectivity index (χ0n) is 13.7. The van der Waals surface area contributed by atoms with Crippen LogP contribution in [0.2, 0.25) is 0 Å². The molecule has 1 spiro atoms.